The quantitative estimate of drug-likeness (QED) is 0.597. The molecule has 1 aromatic carbocycles. The predicted octanol–water partition coefficient (Wildman–Crippen LogP) is 2.11. The second kappa shape index (κ2) is 8.27. The van der Waals surface area contributed by atoms with Crippen molar-refractivity contribution in [3.8, 4) is 11.6 Å². The standard InChI is InChI=1S/C21H26N6O3S/c1-15-16(2)24-27(17(15)3)21-10-9-20(22-23-21)25-11-13-26(14-12-25)31(28,29)19-7-5-18(30-4)6-8-19/h5-10H,11-14H2,1-4H3. The van der Waals surface area contributed by atoms with Gasteiger partial charge in [0.1, 0.15) is 5.75 Å². The number of piperazine rings is 1. The normalized spacial score (nSPS) is 15.3. The van der Waals surface area contributed by atoms with Gasteiger partial charge in [-0.25, -0.2) is 13.1 Å². The van der Waals surface area contributed by atoms with Gasteiger partial charge in [-0.15, -0.1) is 10.2 Å². The van der Waals surface area contributed by atoms with Crippen molar-refractivity contribution in [3.63, 3.8) is 0 Å². The molecule has 3 heterocycles. The predicted molar refractivity (Wildman–Crippen MR) is 117 cm³/mol. The van der Waals surface area contributed by atoms with Gasteiger partial charge in [0.2, 0.25) is 10.0 Å². The molecular weight excluding hydrogens is 416 g/mol. The lowest BCUT2D eigenvalue weighted by Gasteiger charge is -2.34. The zero-order valence-corrected chi connectivity index (χ0v) is 18.9. The highest BCUT2D eigenvalue weighted by atomic mass is 32.2. The first-order valence-corrected chi connectivity index (χ1v) is 11.5. The van der Waals surface area contributed by atoms with E-state index in [0.717, 1.165) is 22.8 Å². The van der Waals surface area contributed by atoms with Crippen LogP contribution in [0.5, 0.6) is 5.75 Å². The van der Waals surface area contributed by atoms with Gasteiger partial charge in [0.05, 0.1) is 17.7 Å². The van der Waals surface area contributed by atoms with E-state index in [0.29, 0.717) is 37.7 Å². The average molecular weight is 443 g/mol. The van der Waals surface area contributed by atoms with E-state index in [9.17, 15) is 8.42 Å². The molecule has 0 aliphatic carbocycles. The summed E-state index contributed by atoms with van der Waals surface area (Å²) in [7, 11) is -1.99. The van der Waals surface area contributed by atoms with E-state index in [2.05, 4.69) is 15.3 Å². The summed E-state index contributed by atoms with van der Waals surface area (Å²) in [6, 6.07) is 10.3. The second-order valence-electron chi connectivity index (χ2n) is 7.52. The summed E-state index contributed by atoms with van der Waals surface area (Å²) >= 11 is 0. The fourth-order valence-corrected chi connectivity index (χ4v) is 5.02. The molecule has 4 rings (SSSR count). The molecule has 1 aliphatic heterocycles. The SMILES string of the molecule is COc1ccc(S(=O)(=O)N2CCN(c3ccc(-n4nc(C)c(C)c4C)nn3)CC2)cc1. The molecule has 2 aromatic heterocycles. The van der Waals surface area contributed by atoms with Gasteiger partial charge in [-0.2, -0.15) is 9.40 Å². The monoisotopic (exact) mass is 442 g/mol. The summed E-state index contributed by atoms with van der Waals surface area (Å²) in [5.41, 5.74) is 3.15. The zero-order valence-electron chi connectivity index (χ0n) is 18.1. The van der Waals surface area contributed by atoms with E-state index in [1.807, 2.05) is 37.8 Å². The van der Waals surface area contributed by atoms with Crippen LogP contribution in [0.25, 0.3) is 5.82 Å². The van der Waals surface area contributed by atoms with Crippen LogP contribution in [0.15, 0.2) is 41.3 Å². The molecule has 0 radical (unpaired) electrons. The van der Waals surface area contributed by atoms with Crippen LogP contribution in [-0.2, 0) is 10.0 Å². The molecule has 0 bridgehead atoms. The van der Waals surface area contributed by atoms with Crippen LogP contribution in [0.4, 0.5) is 5.82 Å². The summed E-state index contributed by atoms with van der Waals surface area (Å²) in [6.07, 6.45) is 0. The van der Waals surface area contributed by atoms with E-state index >= 15 is 0 Å². The van der Waals surface area contributed by atoms with Crippen LogP contribution in [0.1, 0.15) is 17.0 Å². The molecule has 0 amide bonds. The molecule has 1 fully saturated rings. The fourth-order valence-electron chi connectivity index (χ4n) is 3.60. The molecule has 0 atom stereocenters. The van der Waals surface area contributed by atoms with E-state index in [1.165, 1.54) is 4.31 Å². The third-order valence-corrected chi connectivity index (χ3v) is 7.68. The van der Waals surface area contributed by atoms with E-state index in [4.69, 9.17) is 4.74 Å². The molecular formula is C21H26N6O3S. The Morgan fingerprint density at radius 2 is 1.48 bits per heavy atom. The van der Waals surface area contributed by atoms with Crippen molar-refractivity contribution in [1.82, 2.24) is 24.3 Å². The van der Waals surface area contributed by atoms with Crippen LogP contribution >= 0.6 is 0 Å². The second-order valence-corrected chi connectivity index (χ2v) is 9.46. The van der Waals surface area contributed by atoms with Gasteiger partial charge in [0.25, 0.3) is 0 Å². The van der Waals surface area contributed by atoms with Crippen molar-refractivity contribution in [2.45, 2.75) is 25.7 Å². The summed E-state index contributed by atoms with van der Waals surface area (Å²) in [6.45, 7) is 7.87. The number of anilines is 1. The number of rotatable bonds is 5. The number of nitrogens with zero attached hydrogens (tertiary/aromatic N) is 6. The maximum absolute atomic E-state index is 12.9. The molecule has 0 unspecified atom stereocenters. The minimum Gasteiger partial charge on any atom is -0.497 e. The minimum absolute atomic E-state index is 0.270. The van der Waals surface area contributed by atoms with Crippen molar-refractivity contribution >= 4 is 15.8 Å². The number of benzene rings is 1. The molecule has 0 spiro atoms. The number of methoxy groups -OCH3 is 1. The van der Waals surface area contributed by atoms with Crippen molar-refractivity contribution in [1.29, 1.82) is 0 Å². The first-order chi connectivity index (χ1) is 14.8. The third kappa shape index (κ3) is 4.00. The van der Waals surface area contributed by atoms with Gasteiger partial charge in [0.15, 0.2) is 11.6 Å². The van der Waals surface area contributed by atoms with Gasteiger partial charge in [-0.1, -0.05) is 0 Å². The molecule has 31 heavy (non-hydrogen) atoms. The van der Waals surface area contributed by atoms with Crippen LogP contribution in [0.2, 0.25) is 0 Å². The Morgan fingerprint density at radius 1 is 0.871 bits per heavy atom. The summed E-state index contributed by atoms with van der Waals surface area (Å²) in [5.74, 6) is 2.02. The van der Waals surface area contributed by atoms with Crippen LogP contribution < -0.4 is 9.64 Å². The lowest BCUT2D eigenvalue weighted by Crippen LogP contribution is -2.49. The molecule has 1 saturated heterocycles. The Balaban J connectivity index is 1.44. The Morgan fingerprint density at radius 3 is 2.00 bits per heavy atom. The van der Waals surface area contributed by atoms with Crippen LogP contribution in [0.3, 0.4) is 0 Å². The van der Waals surface area contributed by atoms with Gasteiger partial charge < -0.3 is 9.64 Å². The van der Waals surface area contributed by atoms with Crippen LogP contribution in [0, 0.1) is 20.8 Å². The molecule has 9 nitrogen and oxygen atoms in total. The topological polar surface area (TPSA) is 93.5 Å². The summed E-state index contributed by atoms with van der Waals surface area (Å²) in [4.78, 5) is 2.31. The van der Waals surface area contributed by atoms with E-state index in [1.54, 1.807) is 36.1 Å². The van der Waals surface area contributed by atoms with E-state index < -0.39 is 10.0 Å². The maximum atomic E-state index is 12.9. The molecule has 164 valence electrons. The number of hydrogen-bond acceptors (Lipinski definition) is 7. The molecule has 0 saturated carbocycles. The molecule has 3 aromatic rings. The Kier molecular flexibility index (Phi) is 5.67. The van der Waals surface area contributed by atoms with Crippen molar-refractivity contribution in [2.75, 3.05) is 38.2 Å². The number of ether oxygens (including phenoxy) is 1. The third-order valence-electron chi connectivity index (χ3n) is 5.77. The lowest BCUT2D eigenvalue weighted by molar-refractivity contribution is 0.383. The fraction of sp³-hybridized carbons (Fsp3) is 0.381. The molecule has 1 aliphatic rings. The Bertz CT molecular complexity index is 1170. The Hall–Kier alpha value is -2.98. The number of aromatic nitrogens is 4. The van der Waals surface area contributed by atoms with Crippen molar-refractivity contribution < 1.29 is 13.2 Å². The van der Waals surface area contributed by atoms with Crippen molar-refractivity contribution in [2.24, 2.45) is 0 Å². The highest BCUT2D eigenvalue weighted by Gasteiger charge is 2.29. The number of aryl methyl sites for hydroxylation is 1. The van der Waals surface area contributed by atoms with Gasteiger partial charge >= 0.3 is 0 Å². The lowest BCUT2D eigenvalue weighted by atomic mass is 10.2. The zero-order chi connectivity index (χ0) is 22.2. The smallest absolute Gasteiger partial charge is 0.243 e. The number of hydrogen-bond donors (Lipinski definition) is 0. The van der Waals surface area contributed by atoms with E-state index in [-0.39, 0.29) is 4.90 Å². The van der Waals surface area contributed by atoms with Crippen LogP contribution in [-0.4, -0.2) is 66.0 Å². The van der Waals surface area contributed by atoms with Crippen molar-refractivity contribution in [3.05, 3.63) is 53.3 Å². The minimum atomic E-state index is -3.54. The van der Waals surface area contributed by atoms with Gasteiger partial charge in [-0.05, 0) is 62.7 Å². The first-order valence-electron chi connectivity index (χ1n) is 10.1. The maximum Gasteiger partial charge on any atom is 0.243 e. The Labute approximate surface area is 182 Å². The first kappa shape index (κ1) is 21.3. The van der Waals surface area contributed by atoms with Gasteiger partial charge in [0, 0.05) is 31.9 Å². The largest absolute Gasteiger partial charge is 0.497 e. The molecule has 10 heteroatoms. The van der Waals surface area contributed by atoms with Gasteiger partial charge in [-0.3, -0.25) is 0 Å². The highest BCUT2D eigenvalue weighted by Crippen LogP contribution is 2.22. The molecule has 0 N–H and O–H groups in total. The highest BCUT2D eigenvalue weighted by molar-refractivity contribution is 7.89. The summed E-state index contributed by atoms with van der Waals surface area (Å²) < 4.78 is 34.2. The average Bonchev–Trinajstić information content (AvgIpc) is 3.06. The number of sulfonamides is 1. The summed E-state index contributed by atoms with van der Waals surface area (Å²) in [5, 5.41) is 13.2.